The minimum atomic E-state index is 0.523. The Morgan fingerprint density at radius 1 is 1.16 bits per heavy atom. The Morgan fingerprint density at radius 2 is 2.03 bits per heavy atom. The third-order valence-electron chi connectivity index (χ3n) is 5.95. The zero-order valence-electron chi connectivity index (χ0n) is 17.6. The molecule has 1 saturated heterocycles. The first-order chi connectivity index (χ1) is 15.1. The molecule has 0 radical (unpaired) electrons. The molecule has 7 heteroatoms. The highest BCUT2D eigenvalue weighted by Crippen LogP contribution is 2.33. The van der Waals surface area contributed by atoms with Crippen LogP contribution in [0.15, 0.2) is 60.9 Å². The van der Waals surface area contributed by atoms with Crippen molar-refractivity contribution in [2.24, 2.45) is 0 Å². The summed E-state index contributed by atoms with van der Waals surface area (Å²) in [7, 11) is 4.30. The maximum absolute atomic E-state index is 6.46. The summed E-state index contributed by atoms with van der Waals surface area (Å²) in [6.07, 6.45) is 4.77. The number of rotatable bonds is 5. The van der Waals surface area contributed by atoms with Gasteiger partial charge in [0.25, 0.3) is 0 Å². The van der Waals surface area contributed by atoms with Gasteiger partial charge >= 0.3 is 0 Å². The Hall–Kier alpha value is -3.09. The van der Waals surface area contributed by atoms with Gasteiger partial charge in [0.05, 0.1) is 16.9 Å². The van der Waals surface area contributed by atoms with E-state index in [1.165, 1.54) is 12.1 Å². The van der Waals surface area contributed by atoms with E-state index >= 15 is 0 Å². The van der Waals surface area contributed by atoms with Crippen molar-refractivity contribution in [3.63, 3.8) is 0 Å². The summed E-state index contributed by atoms with van der Waals surface area (Å²) in [5.41, 5.74) is 4.89. The van der Waals surface area contributed by atoms with Crippen LogP contribution in [0.5, 0.6) is 0 Å². The lowest BCUT2D eigenvalue weighted by molar-refractivity contribution is 0.315. The average molecular weight is 433 g/mol. The van der Waals surface area contributed by atoms with Crippen molar-refractivity contribution in [3.05, 3.63) is 65.9 Å². The molecule has 0 amide bonds. The molecule has 2 N–H and O–H groups in total. The Kier molecular flexibility index (Phi) is 5.26. The van der Waals surface area contributed by atoms with Crippen LogP contribution in [0, 0.1) is 0 Å². The van der Waals surface area contributed by atoms with Crippen LogP contribution in [0.25, 0.3) is 22.2 Å². The monoisotopic (exact) mass is 432 g/mol. The number of anilines is 3. The molecule has 2 aromatic carbocycles. The molecule has 1 aliphatic heterocycles. The van der Waals surface area contributed by atoms with Crippen LogP contribution in [0.4, 0.5) is 17.3 Å². The first-order valence-corrected chi connectivity index (χ1v) is 10.8. The minimum absolute atomic E-state index is 0.523. The van der Waals surface area contributed by atoms with Crippen LogP contribution in [-0.4, -0.2) is 53.1 Å². The van der Waals surface area contributed by atoms with Crippen LogP contribution in [0.2, 0.25) is 5.02 Å². The molecule has 0 saturated carbocycles. The predicted octanol–water partition coefficient (Wildman–Crippen LogP) is 5.16. The number of fused-ring (bicyclic) bond motifs is 1. The standard InChI is InChI=1S/C24H25ClN6/c1-30(2)18-10-11-31(15-18)17-7-5-6-16(12-17)28-24-27-14-21(25)23(29-24)20-13-26-22-9-4-3-8-19(20)22/h3-9,12-14,18,26H,10-11,15H2,1-2H3,(H,27,28,29). The van der Waals surface area contributed by atoms with Gasteiger partial charge in [0.15, 0.2) is 0 Å². The molecular weight excluding hydrogens is 408 g/mol. The highest BCUT2D eigenvalue weighted by atomic mass is 35.5. The Labute approximate surface area is 186 Å². The quantitative estimate of drug-likeness (QED) is 0.456. The lowest BCUT2D eigenvalue weighted by atomic mass is 10.1. The fourth-order valence-electron chi connectivity index (χ4n) is 4.19. The predicted molar refractivity (Wildman–Crippen MR) is 128 cm³/mol. The van der Waals surface area contributed by atoms with Crippen molar-refractivity contribution >= 4 is 39.8 Å². The number of aromatic nitrogens is 3. The number of para-hydroxylation sites is 1. The fourth-order valence-corrected chi connectivity index (χ4v) is 4.38. The number of hydrogen-bond donors (Lipinski definition) is 2. The SMILES string of the molecule is CN(C)C1CCN(c2cccc(Nc3ncc(Cl)c(-c4c[nH]c5ccccc45)n3)c2)C1. The molecule has 4 aromatic rings. The molecule has 0 bridgehead atoms. The molecule has 5 rings (SSSR count). The summed E-state index contributed by atoms with van der Waals surface area (Å²) in [5, 5.41) is 4.96. The number of hydrogen-bond acceptors (Lipinski definition) is 5. The Morgan fingerprint density at radius 3 is 2.87 bits per heavy atom. The second-order valence-corrected chi connectivity index (χ2v) is 8.57. The molecule has 1 unspecified atom stereocenters. The summed E-state index contributed by atoms with van der Waals surface area (Å²) in [6.45, 7) is 2.10. The maximum Gasteiger partial charge on any atom is 0.227 e. The first kappa shape index (κ1) is 19.8. The second-order valence-electron chi connectivity index (χ2n) is 8.17. The Bertz CT molecular complexity index is 1220. The van der Waals surface area contributed by atoms with Crippen molar-refractivity contribution in [1.82, 2.24) is 19.9 Å². The topological polar surface area (TPSA) is 60.1 Å². The van der Waals surface area contributed by atoms with Gasteiger partial charge in [-0.05, 0) is 44.8 Å². The summed E-state index contributed by atoms with van der Waals surface area (Å²) in [5.74, 6) is 0.523. The third kappa shape index (κ3) is 3.96. The van der Waals surface area contributed by atoms with Gasteiger partial charge in [0, 0.05) is 53.2 Å². The molecule has 31 heavy (non-hydrogen) atoms. The molecule has 1 atom stereocenters. The van der Waals surface area contributed by atoms with E-state index in [0.717, 1.165) is 35.2 Å². The fraction of sp³-hybridized carbons (Fsp3) is 0.250. The van der Waals surface area contributed by atoms with E-state index in [4.69, 9.17) is 16.6 Å². The number of benzene rings is 2. The van der Waals surface area contributed by atoms with Gasteiger partial charge in [0.2, 0.25) is 5.95 Å². The van der Waals surface area contributed by atoms with Crippen LogP contribution >= 0.6 is 11.6 Å². The Balaban J connectivity index is 1.41. The molecular formula is C24H25ClN6. The van der Waals surface area contributed by atoms with Gasteiger partial charge in [-0.25, -0.2) is 9.97 Å². The smallest absolute Gasteiger partial charge is 0.227 e. The van der Waals surface area contributed by atoms with E-state index in [0.29, 0.717) is 22.7 Å². The van der Waals surface area contributed by atoms with E-state index in [1.807, 2.05) is 30.5 Å². The molecule has 0 spiro atoms. The van der Waals surface area contributed by atoms with E-state index in [-0.39, 0.29) is 0 Å². The van der Waals surface area contributed by atoms with Crippen molar-refractivity contribution in [2.45, 2.75) is 12.5 Å². The molecule has 3 heterocycles. The van der Waals surface area contributed by atoms with E-state index in [1.54, 1.807) is 6.20 Å². The summed E-state index contributed by atoms with van der Waals surface area (Å²) < 4.78 is 0. The zero-order chi connectivity index (χ0) is 21.4. The van der Waals surface area contributed by atoms with Gasteiger partial charge in [-0.1, -0.05) is 35.9 Å². The lowest BCUT2D eigenvalue weighted by Crippen LogP contribution is -2.31. The third-order valence-corrected chi connectivity index (χ3v) is 6.23. The van der Waals surface area contributed by atoms with Gasteiger partial charge in [-0.15, -0.1) is 0 Å². The van der Waals surface area contributed by atoms with Crippen LogP contribution < -0.4 is 10.2 Å². The van der Waals surface area contributed by atoms with Gasteiger partial charge in [0.1, 0.15) is 0 Å². The number of nitrogens with zero attached hydrogens (tertiary/aromatic N) is 4. The molecule has 0 aliphatic carbocycles. The maximum atomic E-state index is 6.46. The van der Waals surface area contributed by atoms with E-state index in [9.17, 15) is 0 Å². The molecule has 158 valence electrons. The number of likely N-dealkylation sites (N-methyl/N-ethyl adjacent to an activating group) is 1. The number of aromatic amines is 1. The number of H-pyrrole nitrogens is 1. The van der Waals surface area contributed by atoms with Crippen molar-refractivity contribution in [2.75, 3.05) is 37.4 Å². The molecule has 1 fully saturated rings. The summed E-state index contributed by atoms with van der Waals surface area (Å²) >= 11 is 6.46. The molecule has 6 nitrogen and oxygen atoms in total. The average Bonchev–Trinajstić information content (AvgIpc) is 3.43. The lowest BCUT2D eigenvalue weighted by Gasteiger charge is -2.22. The molecule has 2 aromatic heterocycles. The highest BCUT2D eigenvalue weighted by Gasteiger charge is 2.24. The summed E-state index contributed by atoms with van der Waals surface area (Å²) in [6, 6.07) is 17.1. The summed E-state index contributed by atoms with van der Waals surface area (Å²) in [4.78, 5) is 17.1. The normalized spacial score (nSPS) is 16.4. The minimum Gasteiger partial charge on any atom is -0.370 e. The van der Waals surface area contributed by atoms with E-state index in [2.05, 4.69) is 63.4 Å². The van der Waals surface area contributed by atoms with Gasteiger partial charge < -0.3 is 20.1 Å². The number of halogens is 1. The van der Waals surface area contributed by atoms with E-state index < -0.39 is 0 Å². The van der Waals surface area contributed by atoms with Crippen LogP contribution in [0.3, 0.4) is 0 Å². The first-order valence-electron chi connectivity index (χ1n) is 10.5. The number of nitrogens with one attached hydrogen (secondary N) is 2. The second kappa shape index (κ2) is 8.21. The van der Waals surface area contributed by atoms with Crippen LogP contribution in [-0.2, 0) is 0 Å². The largest absolute Gasteiger partial charge is 0.370 e. The zero-order valence-corrected chi connectivity index (χ0v) is 18.4. The van der Waals surface area contributed by atoms with Crippen LogP contribution in [0.1, 0.15) is 6.42 Å². The van der Waals surface area contributed by atoms with Crippen molar-refractivity contribution < 1.29 is 0 Å². The molecule has 1 aliphatic rings. The highest BCUT2D eigenvalue weighted by molar-refractivity contribution is 6.33. The van der Waals surface area contributed by atoms with Crippen molar-refractivity contribution in [1.29, 1.82) is 0 Å². The van der Waals surface area contributed by atoms with Gasteiger partial charge in [-0.2, -0.15) is 0 Å². The van der Waals surface area contributed by atoms with Crippen molar-refractivity contribution in [3.8, 4) is 11.3 Å². The van der Waals surface area contributed by atoms with Gasteiger partial charge in [-0.3, -0.25) is 0 Å².